The van der Waals surface area contributed by atoms with Crippen molar-refractivity contribution < 1.29 is 9.53 Å². The largest absolute Gasteiger partial charge is 0.464 e. The van der Waals surface area contributed by atoms with Crippen LogP contribution in [0.4, 0.5) is 0 Å². The molecule has 1 rings (SSSR count). The fourth-order valence-corrected chi connectivity index (χ4v) is 1.48. The smallest absolute Gasteiger partial charge is 0.305 e. The third-order valence-electron chi connectivity index (χ3n) is 2.62. The number of unbranched alkanes of at least 4 members (excludes halogenated alkanes) is 2. The first-order valence-corrected chi connectivity index (χ1v) is 5.80. The van der Waals surface area contributed by atoms with Crippen molar-refractivity contribution in [1.82, 2.24) is 4.90 Å². The normalized spacial score (nSPS) is 17.1. The number of rotatable bonds is 8. The highest BCUT2D eigenvalue weighted by Gasteiger charge is 2.25. The molecule has 86 valence electrons. The van der Waals surface area contributed by atoms with E-state index in [4.69, 9.17) is 4.74 Å². The molecule has 3 heteroatoms. The summed E-state index contributed by atoms with van der Waals surface area (Å²) in [5.41, 5.74) is 0. The minimum Gasteiger partial charge on any atom is -0.464 e. The summed E-state index contributed by atoms with van der Waals surface area (Å²) in [6.45, 7) is 8.54. The van der Waals surface area contributed by atoms with Crippen LogP contribution in [0.5, 0.6) is 0 Å². The van der Waals surface area contributed by atoms with Crippen LogP contribution in [-0.2, 0) is 9.53 Å². The lowest BCUT2D eigenvalue weighted by Gasteiger charge is -2.13. The van der Waals surface area contributed by atoms with Crippen molar-refractivity contribution in [2.45, 2.75) is 38.6 Å². The molecule has 1 atom stereocenters. The summed E-state index contributed by atoms with van der Waals surface area (Å²) in [5, 5.41) is 0. The molecular formula is C12H21NO2. The van der Waals surface area contributed by atoms with Crippen molar-refractivity contribution in [3.05, 3.63) is 12.7 Å². The van der Waals surface area contributed by atoms with Gasteiger partial charge in [0.15, 0.2) is 0 Å². The Morgan fingerprint density at radius 1 is 1.53 bits per heavy atom. The quantitative estimate of drug-likeness (QED) is 0.266. The molecule has 0 radical (unpaired) electrons. The molecule has 0 aromatic heterocycles. The van der Waals surface area contributed by atoms with E-state index in [9.17, 15) is 4.79 Å². The van der Waals surface area contributed by atoms with Crippen LogP contribution in [0.2, 0.25) is 0 Å². The van der Waals surface area contributed by atoms with Gasteiger partial charge in [0.2, 0.25) is 0 Å². The molecule has 1 fully saturated rings. The first kappa shape index (κ1) is 12.2. The van der Waals surface area contributed by atoms with Gasteiger partial charge in [0.1, 0.15) is 6.61 Å². The molecule has 1 heterocycles. The zero-order valence-corrected chi connectivity index (χ0v) is 9.58. The molecule has 0 aromatic carbocycles. The molecule has 0 saturated carbocycles. The van der Waals surface area contributed by atoms with E-state index in [1.54, 1.807) is 0 Å². The average molecular weight is 211 g/mol. The third-order valence-corrected chi connectivity index (χ3v) is 2.62. The highest BCUT2D eigenvalue weighted by Crippen LogP contribution is 2.12. The van der Waals surface area contributed by atoms with Crippen LogP contribution in [0.25, 0.3) is 0 Å². The van der Waals surface area contributed by atoms with Gasteiger partial charge in [-0.3, -0.25) is 9.69 Å². The molecule has 1 aliphatic heterocycles. The SMILES string of the molecule is C=CC(COC(=O)CCCCC)N1CC1. The van der Waals surface area contributed by atoms with Crippen LogP contribution in [0.3, 0.4) is 0 Å². The fourth-order valence-electron chi connectivity index (χ4n) is 1.48. The van der Waals surface area contributed by atoms with Crippen LogP contribution in [-0.4, -0.2) is 36.6 Å². The van der Waals surface area contributed by atoms with E-state index in [-0.39, 0.29) is 12.0 Å². The van der Waals surface area contributed by atoms with E-state index in [1.165, 1.54) is 0 Å². The summed E-state index contributed by atoms with van der Waals surface area (Å²) in [6, 6.07) is 0.222. The molecule has 1 saturated heterocycles. The van der Waals surface area contributed by atoms with E-state index in [0.717, 1.165) is 32.4 Å². The van der Waals surface area contributed by atoms with Crippen LogP contribution < -0.4 is 0 Å². The molecule has 0 aliphatic carbocycles. The summed E-state index contributed by atoms with van der Waals surface area (Å²) in [6.07, 6.45) is 5.59. The van der Waals surface area contributed by atoms with Gasteiger partial charge in [-0.15, -0.1) is 6.58 Å². The number of hydrogen-bond acceptors (Lipinski definition) is 3. The van der Waals surface area contributed by atoms with Crippen LogP contribution in [0.1, 0.15) is 32.6 Å². The Kier molecular flexibility index (Phi) is 5.40. The minimum absolute atomic E-state index is 0.0721. The van der Waals surface area contributed by atoms with E-state index < -0.39 is 0 Å². The molecule has 0 bridgehead atoms. The van der Waals surface area contributed by atoms with Gasteiger partial charge in [0, 0.05) is 19.5 Å². The van der Waals surface area contributed by atoms with Gasteiger partial charge in [0.25, 0.3) is 0 Å². The predicted molar refractivity (Wildman–Crippen MR) is 60.7 cm³/mol. The zero-order valence-electron chi connectivity index (χ0n) is 9.58. The summed E-state index contributed by atoms with van der Waals surface area (Å²) in [5.74, 6) is -0.0721. The molecule has 15 heavy (non-hydrogen) atoms. The second-order valence-electron chi connectivity index (χ2n) is 3.98. The van der Waals surface area contributed by atoms with Crippen LogP contribution in [0.15, 0.2) is 12.7 Å². The van der Waals surface area contributed by atoms with Crippen molar-refractivity contribution in [2.24, 2.45) is 0 Å². The maximum absolute atomic E-state index is 11.3. The second-order valence-corrected chi connectivity index (χ2v) is 3.98. The van der Waals surface area contributed by atoms with Crippen LogP contribution >= 0.6 is 0 Å². The van der Waals surface area contributed by atoms with E-state index in [2.05, 4.69) is 18.4 Å². The highest BCUT2D eigenvalue weighted by molar-refractivity contribution is 5.69. The Morgan fingerprint density at radius 3 is 2.80 bits per heavy atom. The van der Waals surface area contributed by atoms with E-state index in [0.29, 0.717) is 13.0 Å². The molecular weight excluding hydrogens is 190 g/mol. The molecule has 0 amide bonds. The van der Waals surface area contributed by atoms with Crippen LogP contribution in [0, 0.1) is 0 Å². The third kappa shape index (κ3) is 4.98. The lowest BCUT2D eigenvalue weighted by Crippen LogP contribution is -2.24. The molecule has 3 nitrogen and oxygen atoms in total. The molecule has 0 aromatic rings. The maximum Gasteiger partial charge on any atom is 0.305 e. The minimum atomic E-state index is -0.0721. The van der Waals surface area contributed by atoms with Gasteiger partial charge in [-0.25, -0.2) is 0 Å². The number of ether oxygens (including phenoxy) is 1. The highest BCUT2D eigenvalue weighted by atomic mass is 16.5. The summed E-state index contributed by atoms with van der Waals surface area (Å²) in [7, 11) is 0. The van der Waals surface area contributed by atoms with Gasteiger partial charge in [-0.2, -0.15) is 0 Å². The maximum atomic E-state index is 11.3. The monoisotopic (exact) mass is 211 g/mol. The Morgan fingerprint density at radius 2 is 2.27 bits per heavy atom. The van der Waals surface area contributed by atoms with Gasteiger partial charge >= 0.3 is 5.97 Å². The molecule has 1 unspecified atom stereocenters. The summed E-state index contributed by atoms with van der Waals surface area (Å²) >= 11 is 0. The summed E-state index contributed by atoms with van der Waals surface area (Å²) < 4.78 is 5.19. The fraction of sp³-hybridized carbons (Fsp3) is 0.750. The number of carbonyl (C=O) groups is 1. The van der Waals surface area contributed by atoms with Crippen molar-refractivity contribution in [1.29, 1.82) is 0 Å². The molecule has 0 N–H and O–H groups in total. The van der Waals surface area contributed by atoms with Gasteiger partial charge in [-0.1, -0.05) is 25.8 Å². The molecule has 0 spiro atoms. The number of hydrogen-bond donors (Lipinski definition) is 0. The topological polar surface area (TPSA) is 29.3 Å². The van der Waals surface area contributed by atoms with E-state index in [1.807, 2.05) is 6.08 Å². The van der Waals surface area contributed by atoms with Gasteiger partial charge < -0.3 is 4.74 Å². The van der Waals surface area contributed by atoms with Crippen molar-refractivity contribution >= 4 is 5.97 Å². The Hall–Kier alpha value is -0.830. The molecule has 1 aliphatic rings. The average Bonchev–Trinajstić information content (AvgIpc) is 3.03. The second kappa shape index (κ2) is 6.62. The van der Waals surface area contributed by atoms with Crippen molar-refractivity contribution in [3.8, 4) is 0 Å². The first-order chi connectivity index (χ1) is 7.27. The van der Waals surface area contributed by atoms with Gasteiger partial charge in [-0.05, 0) is 6.42 Å². The Balaban J connectivity index is 2.06. The first-order valence-electron chi connectivity index (χ1n) is 5.80. The number of nitrogens with zero attached hydrogens (tertiary/aromatic N) is 1. The zero-order chi connectivity index (χ0) is 11.1. The van der Waals surface area contributed by atoms with Crippen molar-refractivity contribution in [3.63, 3.8) is 0 Å². The standard InChI is InChI=1S/C12H21NO2/c1-3-5-6-7-12(14)15-10-11(4-2)13-8-9-13/h4,11H,2-3,5-10H2,1H3. The predicted octanol–water partition coefficient (Wildman–Crippen LogP) is 1.98. The van der Waals surface area contributed by atoms with E-state index >= 15 is 0 Å². The lowest BCUT2D eigenvalue weighted by atomic mass is 10.2. The number of carbonyl (C=O) groups excluding carboxylic acids is 1. The van der Waals surface area contributed by atoms with Gasteiger partial charge in [0.05, 0.1) is 6.04 Å². The number of esters is 1. The Labute approximate surface area is 92.1 Å². The van der Waals surface area contributed by atoms with Crippen molar-refractivity contribution in [2.75, 3.05) is 19.7 Å². The lowest BCUT2D eigenvalue weighted by molar-refractivity contribution is -0.144. The Bertz CT molecular complexity index is 212. The summed E-state index contributed by atoms with van der Waals surface area (Å²) in [4.78, 5) is 13.5.